The zero-order chi connectivity index (χ0) is 11.0. The molecule has 0 unspecified atom stereocenters. The first-order chi connectivity index (χ1) is 7.13. The van der Waals surface area contributed by atoms with Crippen LogP contribution in [0.2, 0.25) is 0 Å². The molecule has 0 aliphatic rings. The first kappa shape index (κ1) is 9.85. The number of thiazole rings is 1. The molecule has 0 spiro atoms. The van der Waals surface area contributed by atoms with Gasteiger partial charge in [0.15, 0.2) is 0 Å². The molecular formula is C9H8N2O3S. The van der Waals surface area contributed by atoms with Crippen molar-refractivity contribution >= 4 is 27.2 Å². The highest BCUT2D eigenvalue weighted by Gasteiger charge is 2.11. The summed E-state index contributed by atoms with van der Waals surface area (Å²) >= 11 is 1.04. The van der Waals surface area contributed by atoms with Crippen LogP contribution in [0.4, 0.5) is 5.69 Å². The molecule has 1 aromatic carbocycles. The van der Waals surface area contributed by atoms with Crippen molar-refractivity contribution in [1.29, 1.82) is 0 Å². The standard InChI is InChI=1S/C9H8N2O3S/c1-2-10-7-4-3-6(11(13)14)5-8(7)15-9(10)12/h3-5H,2H2,1H3. The van der Waals surface area contributed by atoms with Crippen LogP contribution in [0.1, 0.15) is 6.92 Å². The minimum absolute atomic E-state index is 0.0204. The van der Waals surface area contributed by atoms with Gasteiger partial charge < -0.3 is 0 Å². The molecule has 15 heavy (non-hydrogen) atoms. The summed E-state index contributed by atoms with van der Waals surface area (Å²) in [6.45, 7) is 2.45. The molecule has 5 nitrogen and oxygen atoms in total. The van der Waals surface area contributed by atoms with Crippen LogP contribution in [0.15, 0.2) is 23.0 Å². The summed E-state index contributed by atoms with van der Waals surface area (Å²) in [7, 11) is 0. The molecule has 0 N–H and O–H groups in total. The lowest BCUT2D eigenvalue weighted by molar-refractivity contribution is -0.384. The molecular weight excluding hydrogens is 216 g/mol. The molecule has 0 bridgehead atoms. The third kappa shape index (κ3) is 1.52. The van der Waals surface area contributed by atoms with Crippen LogP contribution < -0.4 is 4.87 Å². The van der Waals surface area contributed by atoms with Gasteiger partial charge >= 0.3 is 4.87 Å². The number of nitrogens with zero attached hydrogens (tertiary/aromatic N) is 2. The normalized spacial score (nSPS) is 10.7. The van der Waals surface area contributed by atoms with E-state index < -0.39 is 4.92 Å². The molecule has 0 fully saturated rings. The van der Waals surface area contributed by atoms with Crippen molar-refractivity contribution in [3.63, 3.8) is 0 Å². The number of nitro benzene ring substituents is 1. The fraction of sp³-hybridized carbons (Fsp3) is 0.222. The van der Waals surface area contributed by atoms with Crippen LogP contribution >= 0.6 is 11.3 Å². The van der Waals surface area contributed by atoms with E-state index in [0.29, 0.717) is 11.2 Å². The molecule has 6 heteroatoms. The summed E-state index contributed by atoms with van der Waals surface area (Å²) in [5, 5.41) is 10.5. The van der Waals surface area contributed by atoms with E-state index in [1.165, 1.54) is 12.1 Å². The Bertz CT molecular complexity index is 585. The number of benzene rings is 1. The van der Waals surface area contributed by atoms with E-state index in [4.69, 9.17) is 0 Å². The maximum atomic E-state index is 11.5. The lowest BCUT2D eigenvalue weighted by Crippen LogP contribution is -2.10. The van der Waals surface area contributed by atoms with Gasteiger partial charge in [-0.05, 0) is 13.0 Å². The monoisotopic (exact) mass is 224 g/mol. The van der Waals surface area contributed by atoms with Crippen LogP contribution in [0.5, 0.6) is 0 Å². The topological polar surface area (TPSA) is 65.1 Å². The molecule has 2 rings (SSSR count). The summed E-state index contributed by atoms with van der Waals surface area (Å²) < 4.78 is 2.26. The summed E-state index contributed by atoms with van der Waals surface area (Å²) in [4.78, 5) is 21.5. The van der Waals surface area contributed by atoms with Gasteiger partial charge in [-0.15, -0.1) is 0 Å². The first-order valence-electron chi connectivity index (χ1n) is 4.41. The second-order valence-corrected chi connectivity index (χ2v) is 4.01. The van der Waals surface area contributed by atoms with Crippen LogP contribution in [-0.4, -0.2) is 9.49 Å². The highest BCUT2D eigenvalue weighted by atomic mass is 32.1. The number of fused-ring (bicyclic) bond motifs is 1. The molecule has 0 aliphatic carbocycles. The zero-order valence-corrected chi connectivity index (χ0v) is 8.78. The van der Waals surface area contributed by atoms with E-state index >= 15 is 0 Å². The zero-order valence-electron chi connectivity index (χ0n) is 7.97. The van der Waals surface area contributed by atoms with Crippen LogP contribution in [0.3, 0.4) is 0 Å². The van der Waals surface area contributed by atoms with Crippen molar-refractivity contribution in [1.82, 2.24) is 4.57 Å². The average molecular weight is 224 g/mol. The van der Waals surface area contributed by atoms with Crippen molar-refractivity contribution in [2.75, 3.05) is 0 Å². The van der Waals surface area contributed by atoms with E-state index in [1.54, 1.807) is 10.6 Å². The SMILES string of the molecule is CCn1c(=O)sc2cc([N+](=O)[O-])ccc21. The quantitative estimate of drug-likeness (QED) is 0.578. The van der Waals surface area contributed by atoms with Gasteiger partial charge in [0.05, 0.1) is 15.1 Å². The maximum Gasteiger partial charge on any atom is 0.308 e. The van der Waals surface area contributed by atoms with E-state index in [9.17, 15) is 14.9 Å². The van der Waals surface area contributed by atoms with E-state index in [2.05, 4.69) is 0 Å². The summed E-state index contributed by atoms with van der Waals surface area (Å²) in [6, 6.07) is 4.48. The van der Waals surface area contributed by atoms with Gasteiger partial charge in [0, 0.05) is 18.7 Å². The number of aromatic nitrogens is 1. The summed E-state index contributed by atoms with van der Waals surface area (Å²) in [5.74, 6) is 0. The molecule has 0 saturated heterocycles. The Balaban J connectivity index is 2.75. The minimum Gasteiger partial charge on any atom is -0.299 e. The maximum absolute atomic E-state index is 11.5. The molecule has 1 aromatic heterocycles. The third-order valence-corrected chi connectivity index (χ3v) is 3.12. The molecule has 78 valence electrons. The minimum atomic E-state index is -0.458. The van der Waals surface area contributed by atoms with Crippen molar-refractivity contribution in [2.24, 2.45) is 0 Å². The second kappa shape index (κ2) is 3.47. The average Bonchev–Trinajstić information content (AvgIpc) is 2.51. The number of hydrogen-bond acceptors (Lipinski definition) is 4. The fourth-order valence-corrected chi connectivity index (χ4v) is 2.46. The Morgan fingerprint density at radius 1 is 1.53 bits per heavy atom. The highest BCUT2D eigenvalue weighted by Crippen LogP contribution is 2.22. The number of nitro groups is 1. The molecule has 2 aromatic rings. The predicted octanol–water partition coefficient (Wildman–Crippen LogP) is 1.99. The van der Waals surface area contributed by atoms with E-state index in [-0.39, 0.29) is 10.6 Å². The number of non-ortho nitro benzene ring substituents is 1. The second-order valence-electron chi connectivity index (χ2n) is 3.02. The molecule has 0 saturated carbocycles. The highest BCUT2D eigenvalue weighted by molar-refractivity contribution is 7.16. The molecule has 0 aliphatic heterocycles. The molecule has 0 atom stereocenters. The summed E-state index contributed by atoms with van der Waals surface area (Å²) in [5.41, 5.74) is 0.783. The Hall–Kier alpha value is -1.69. The van der Waals surface area contributed by atoms with Crippen LogP contribution in [0, 0.1) is 10.1 Å². The van der Waals surface area contributed by atoms with E-state index in [1.807, 2.05) is 6.92 Å². The Morgan fingerprint density at radius 2 is 2.27 bits per heavy atom. The van der Waals surface area contributed by atoms with Gasteiger partial charge in [0.25, 0.3) is 5.69 Å². The van der Waals surface area contributed by atoms with Gasteiger partial charge in [-0.3, -0.25) is 19.5 Å². The van der Waals surface area contributed by atoms with Crippen molar-refractivity contribution in [3.05, 3.63) is 38.0 Å². The number of aryl methyl sites for hydroxylation is 1. The summed E-state index contributed by atoms with van der Waals surface area (Å²) in [6.07, 6.45) is 0. The van der Waals surface area contributed by atoms with Crippen molar-refractivity contribution in [2.45, 2.75) is 13.5 Å². The molecule has 1 heterocycles. The Morgan fingerprint density at radius 3 is 2.87 bits per heavy atom. The Kier molecular flexibility index (Phi) is 2.28. The largest absolute Gasteiger partial charge is 0.308 e. The van der Waals surface area contributed by atoms with E-state index in [0.717, 1.165) is 16.9 Å². The third-order valence-electron chi connectivity index (χ3n) is 2.18. The Labute approximate surface area is 88.7 Å². The first-order valence-corrected chi connectivity index (χ1v) is 5.23. The number of hydrogen-bond donors (Lipinski definition) is 0. The fourth-order valence-electron chi connectivity index (χ4n) is 1.47. The van der Waals surface area contributed by atoms with Gasteiger partial charge in [-0.25, -0.2) is 0 Å². The van der Waals surface area contributed by atoms with Gasteiger partial charge in [-0.1, -0.05) is 11.3 Å². The molecule has 0 radical (unpaired) electrons. The lowest BCUT2D eigenvalue weighted by Gasteiger charge is -1.97. The lowest BCUT2D eigenvalue weighted by atomic mass is 10.3. The number of rotatable bonds is 2. The van der Waals surface area contributed by atoms with Gasteiger partial charge in [0.1, 0.15) is 0 Å². The van der Waals surface area contributed by atoms with Crippen LogP contribution in [-0.2, 0) is 6.54 Å². The van der Waals surface area contributed by atoms with Crippen molar-refractivity contribution in [3.8, 4) is 0 Å². The predicted molar refractivity (Wildman–Crippen MR) is 58.4 cm³/mol. The molecule has 0 amide bonds. The van der Waals surface area contributed by atoms with Gasteiger partial charge in [-0.2, -0.15) is 0 Å². The van der Waals surface area contributed by atoms with Crippen LogP contribution in [0.25, 0.3) is 10.2 Å². The van der Waals surface area contributed by atoms with Gasteiger partial charge in [0.2, 0.25) is 0 Å². The smallest absolute Gasteiger partial charge is 0.299 e. The van der Waals surface area contributed by atoms with Crippen molar-refractivity contribution < 1.29 is 4.92 Å².